The average molecular weight is 461 g/mol. The van der Waals surface area contributed by atoms with Crippen molar-refractivity contribution in [3.63, 3.8) is 0 Å². The number of hydrogen-bond acceptors (Lipinski definition) is 6. The smallest absolute Gasteiger partial charge is 0.407 e. The second kappa shape index (κ2) is 9.24. The van der Waals surface area contributed by atoms with Crippen molar-refractivity contribution in [2.45, 2.75) is 116 Å². The van der Waals surface area contributed by atoms with Gasteiger partial charge in [0.15, 0.2) is 5.60 Å². The van der Waals surface area contributed by atoms with Gasteiger partial charge in [-0.3, -0.25) is 4.98 Å². The number of hydrogen-bond donors (Lipinski definition) is 1. The molecule has 184 valence electrons. The first kappa shape index (κ1) is 25.5. The van der Waals surface area contributed by atoms with Gasteiger partial charge in [-0.15, -0.1) is 0 Å². The summed E-state index contributed by atoms with van der Waals surface area (Å²) >= 11 is 0. The maximum Gasteiger partial charge on any atom is 0.407 e. The Labute approximate surface area is 198 Å². The minimum atomic E-state index is -1.40. The molecule has 0 bridgehead atoms. The van der Waals surface area contributed by atoms with Gasteiger partial charge in [-0.25, -0.2) is 9.59 Å². The highest BCUT2D eigenvalue weighted by atomic mass is 16.8. The summed E-state index contributed by atoms with van der Waals surface area (Å²) in [4.78, 5) is 31.0. The van der Waals surface area contributed by atoms with Crippen molar-refractivity contribution < 1.29 is 23.8 Å². The van der Waals surface area contributed by atoms with Crippen molar-refractivity contribution in [3.05, 3.63) is 29.1 Å². The fourth-order valence-electron chi connectivity index (χ4n) is 5.09. The highest BCUT2D eigenvalue weighted by Crippen LogP contribution is 2.43. The van der Waals surface area contributed by atoms with Crippen LogP contribution in [0.3, 0.4) is 0 Å². The van der Waals surface area contributed by atoms with E-state index in [0.29, 0.717) is 12.3 Å². The molecule has 1 N–H and O–H groups in total. The zero-order valence-corrected chi connectivity index (χ0v) is 21.4. The zero-order chi connectivity index (χ0) is 24.6. The largest absolute Gasteiger partial charge is 0.444 e. The van der Waals surface area contributed by atoms with Crippen LogP contribution >= 0.6 is 0 Å². The van der Waals surface area contributed by atoms with Crippen LogP contribution in [0.15, 0.2) is 12.3 Å². The van der Waals surface area contributed by atoms with Gasteiger partial charge in [-0.1, -0.05) is 20.8 Å². The molecular weight excluding hydrogens is 420 g/mol. The van der Waals surface area contributed by atoms with E-state index in [2.05, 4.69) is 32.2 Å². The Morgan fingerprint density at radius 2 is 2.03 bits per heavy atom. The van der Waals surface area contributed by atoms with E-state index in [1.807, 2.05) is 27.0 Å². The first-order valence-corrected chi connectivity index (χ1v) is 12.2. The van der Waals surface area contributed by atoms with E-state index in [0.717, 1.165) is 25.0 Å². The average Bonchev–Trinajstić information content (AvgIpc) is 3.18. The standard InChI is InChI=1S/C26H40N2O5/c1-9-17-10-11-18-12-13-27-19(21(17)18)15-26(22(29)31-25(7,8)33-26)20(14-16(2)3)28-23(30)32-24(4,5)6/h12-13,16-17,20H,9-11,14-15H2,1-8H3,(H,28,30)/t17?,20?,26-/m1/s1. The fraction of sp³-hybridized carbons (Fsp3) is 0.731. The van der Waals surface area contributed by atoms with E-state index in [1.165, 1.54) is 11.1 Å². The number of pyridine rings is 1. The molecular formula is C26H40N2O5. The quantitative estimate of drug-likeness (QED) is 0.573. The van der Waals surface area contributed by atoms with Gasteiger partial charge >= 0.3 is 12.1 Å². The molecule has 2 unspecified atom stereocenters. The molecule has 33 heavy (non-hydrogen) atoms. The number of amides is 1. The summed E-state index contributed by atoms with van der Waals surface area (Å²) in [7, 11) is 0. The van der Waals surface area contributed by atoms with Gasteiger partial charge < -0.3 is 19.5 Å². The lowest BCUT2D eigenvalue weighted by Gasteiger charge is -2.36. The number of nitrogens with one attached hydrogen (secondary N) is 1. The summed E-state index contributed by atoms with van der Waals surface area (Å²) in [6, 6.07) is 1.43. The number of aryl methyl sites for hydroxylation is 1. The number of rotatable bonds is 7. The van der Waals surface area contributed by atoms with Crippen LogP contribution < -0.4 is 5.32 Å². The molecule has 1 fully saturated rings. The summed E-state index contributed by atoms with van der Waals surface area (Å²) in [6.07, 6.45) is 5.11. The second-order valence-corrected chi connectivity index (χ2v) is 11.3. The molecule has 0 aromatic carbocycles. The molecule has 3 atom stereocenters. The summed E-state index contributed by atoms with van der Waals surface area (Å²) in [5.41, 5.74) is 1.31. The van der Waals surface area contributed by atoms with Crippen molar-refractivity contribution in [2.24, 2.45) is 5.92 Å². The van der Waals surface area contributed by atoms with Crippen molar-refractivity contribution in [3.8, 4) is 0 Å². The van der Waals surface area contributed by atoms with Crippen molar-refractivity contribution >= 4 is 12.1 Å². The van der Waals surface area contributed by atoms with E-state index >= 15 is 0 Å². The van der Waals surface area contributed by atoms with Crippen LogP contribution in [0.5, 0.6) is 0 Å². The number of fused-ring (bicyclic) bond motifs is 1. The van der Waals surface area contributed by atoms with Gasteiger partial charge in [0.1, 0.15) is 5.60 Å². The first-order chi connectivity index (χ1) is 15.3. The Hall–Kier alpha value is -2.15. The lowest BCUT2D eigenvalue weighted by molar-refractivity contribution is -0.170. The number of aromatic nitrogens is 1. The van der Waals surface area contributed by atoms with Crippen molar-refractivity contribution in [2.75, 3.05) is 0 Å². The Balaban J connectivity index is 2.04. The van der Waals surface area contributed by atoms with Crippen molar-refractivity contribution in [1.29, 1.82) is 0 Å². The molecule has 7 nitrogen and oxygen atoms in total. The monoisotopic (exact) mass is 460 g/mol. The predicted molar refractivity (Wildman–Crippen MR) is 126 cm³/mol. The molecule has 1 amide bonds. The SMILES string of the molecule is CCC1CCc2ccnc(C[C@]3(C(CC(C)C)NC(=O)OC(C)(C)C)OC(C)(C)OC3=O)c21. The number of carbonyl (C=O) groups excluding carboxylic acids is 2. The number of nitrogens with zero attached hydrogens (tertiary/aromatic N) is 1. The van der Waals surface area contributed by atoms with Crippen LogP contribution in [-0.2, 0) is 31.8 Å². The molecule has 7 heteroatoms. The molecule has 1 aromatic heterocycles. The minimum Gasteiger partial charge on any atom is -0.444 e. The fourth-order valence-corrected chi connectivity index (χ4v) is 5.09. The molecule has 1 aliphatic carbocycles. The summed E-state index contributed by atoms with van der Waals surface area (Å²) < 4.78 is 17.6. The zero-order valence-electron chi connectivity index (χ0n) is 21.4. The molecule has 1 saturated heterocycles. The summed E-state index contributed by atoms with van der Waals surface area (Å²) in [6.45, 7) is 15.2. The highest BCUT2D eigenvalue weighted by Gasteiger charge is 2.59. The third kappa shape index (κ3) is 5.68. The van der Waals surface area contributed by atoms with Gasteiger partial charge in [0.2, 0.25) is 5.79 Å². The third-order valence-electron chi connectivity index (χ3n) is 6.33. The topological polar surface area (TPSA) is 86.8 Å². The van der Waals surface area contributed by atoms with E-state index in [1.54, 1.807) is 13.8 Å². The Bertz CT molecular complexity index is 889. The van der Waals surface area contributed by atoms with Crippen molar-refractivity contribution in [1.82, 2.24) is 10.3 Å². The van der Waals surface area contributed by atoms with Crippen LogP contribution in [0, 0.1) is 5.92 Å². The Morgan fingerprint density at radius 3 is 2.58 bits per heavy atom. The summed E-state index contributed by atoms with van der Waals surface area (Å²) in [5.74, 6) is -0.975. The van der Waals surface area contributed by atoms with Crippen LogP contribution in [0.25, 0.3) is 0 Å². The van der Waals surface area contributed by atoms with Gasteiger partial charge in [0.05, 0.1) is 6.04 Å². The number of carbonyl (C=O) groups is 2. The van der Waals surface area contributed by atoms with Crippen LogP contribution in [0.1, 0.15) is 97.4 Å². The number of alkyl carbamates (subject to hydrolysis) is 1. The molecule has 1 aromatic rings. The normalized spacial score (nSPS) is 25.0. The Morgan fingerprint density at radius 1 is 1.33 bits per heavy atom. The highest BCUT2D eigenvalue weighted by molar-refractivity contribution is 5.84. The molecule has 2 aliphatic rings. The van der Waals surface area contributed by atoms with Gasteiger partial charge in [-0.2, -0.15) is 0 Å². The van der Waals surface area contributed by atoms with E-state index < -0.39 is 35.1 Å². The Kier molecular flexibility index (Phi) is 7.13. The predicted octanol–water partition coefficient (Wildman–Crippen LogP) is 5.05. The maximum atomic E-state index is 13.5. The molecule has 3 rings (SSSR count). The van der Waals surface area contributed by atoms with E-state index in [-0.39, 0.29) is 12.3 Å². The maximum absolute atomic E-state index is 13.5. The number of esters is 1. The first-order valence-electron chi connectivity index (χ1n) is 12.2. The molecule has 0 spiro atoms. The van der Waals surface area contributed by atoms with Gasteiger partial charge in [0, 0.05) is 32.2 Å². The summed E-state index contributed by atoms with van der Waals surface area (Å²) in [5, 5.41) is 2.95. The molecule has 1 aliphatic heterocycles. The molecule has 2 heterocycles. The second-order valence-electron chi connectivity index (χ2n) is 11.3. The van der Waals surface area contributed by atoms with Crippen LogP contribution in [0.2, 0.25) is 0 Å². The van der Waals surface area contributed by atoms with E-state index in [9.17, 15) is 9.59 Å². The lowest BCUT2D eigenvalue weighted by atomic mass is 9.82. The number of cyclic esters (lactones) is 1. The van der Waals surface area contributed by atoms with Gasteiger partial charge in [0.25, 0.3) is 0 Å². The molecule has 0 radical (unpaired) electrons. The molecule has 0 saturated carbocycles. The van der Waals surface area contributed by atoms with Gasteiger partial charge in [-0.05, 0) is 75.5 Å². The lowest BCUT2D eigenvalue weighted by Crippen LogP contribution is -2.59. The van der Waals surface area contributed by atoms with Crippen LogP contribution in [-0.4, -0.2) is 40.1 Å². The van der Waals surface area contributed by atoms with Crippen LogP contribution in [0.4, 0.5) is 4.79 Å². The third-order valence-corrected chi connectivity index (χ3v) is 6.33. The minimum absolute atomic E-state index is 0.194. The van der Waals surface area contributed by atoms with E-state index in [4.69, 9.17) is 19.2 Å². The number of ether oxygens (including phenoxy) is 3.